The fraction of sp³-hybridized carbons (Fsp3) is 0.500. The third-order valence-electron chi connectivity index (χ3n) is 5.08. The summed E-state index contributed by atoms with van der Waals surface area (Å²) in [5.41, 5.74) is 3.33. The van der Waals surface area contributed by atoms with E-state index in [1.807, 2.05) is 17.1 Å². The van der Waals surface area contributed by atoms with Crippen LogP contribution in [0, 0.1) is 0 Å². The van der Waals surface area contributed by atoms with E-state index in [0.717, 1.165) is 0 Å². The molecular formula is C16H22Cl2HfSi. The molecular weight excluding hydrogens is 470 g/mol. The third kappa shape index (κ3) is 2.45. The summed E-state index contributed by atoms with van der Waals surface area (Å²) in [4.78, 5) is 0. The zero-order valence-electron chi connectivity index (χ0n) is 12.7. The maximum atomic E-state index is 2.53. The minimum atomic E-state index is -1.35. The summed E-state index contributed by atoms with van der Waals surface area (Å²) < 4.78 is 3.95. The zero-order valence-corrected chi connectivity index (χ0v) is 18.8. The molecule has 0 aromatic heterocycles. The van der Waals surface area contributed by atoms with Crippen molar-refractivity contribution in [2.45, 2.75) is 52.6 Å². The van der Waals surface area contributed by atoms with Gasteiger partial charge in [-0.25, -0.2) is 0 Å². The standard InChI is InChI=1S/C16H22Si.2ClH.Hf/c1-5-17(6-2,15-11-7-9-13(15)3)16-12-8-10-14(16)4;;;/h9-10H,5-8H2,1-4H3;2*1H;/q;;;+2/p-2. The van der Waals surface area contributed by atoms with Crippen molar-refractivity contribution in [3.63, 3.8) is 0 Å². The molecule has 0 saturated heterocycles. The van der Waals surface area contributed by atoms with Gasteiger partial charge in [0.15, 0.2) is 0 Å². The van der Waals surface area contributed by atoms with Gasteiger partial charge in [-0.1, -0.05) is 0 Å². The van der Waals surface area contributed by atoms with Crippen LogP contribution in [0.3, 0.4) is 0 Å². The summed E-state index contributed by atoms with van der Waals surface area (Å²) >= 11 is -0.644. The molecule has 2 aliphatic carbocycles. The minimum Gasteiger partial charge on any atom is -1.00 e. The van der Waals surface area contributed by atoms with Gasteiger partial charge < -0.3 is 24.8 Å². The van der Waals surface area contributed by atoms with E-state index in [1.165, 1.54) is 24.9 Å². The van der Waals surface area contributed by atoms with Gasteiger partial charge in [-0.3, -0.25) is 0 Å². The molecule has 0 N–H and O–H groups in total. The van der Waals surface area contributed by atoms with Crippen molar-refractivity contribution < 1.29 is 47.7 Å². The van der Waals surface area contributed by atoms with Crippen molar-refractivity contribution in [3.8, 4) is 0 Å². The molecule has 3 rings (SSSR count). The van der Waals surface area contributed by atoms with E-state index in [1.54, 1.807) is 11.1 Å². The van der Waals surface area contributed by atoms with Crippen molar-refractivity contribution in [2.75, 3.05) is 0 Å². The quantitative estimate of drug-likeness (QED) is 0.429. The molecule has 0 aromatic carbocycles. The maximum absolute atomic E-state index is 2.53. The van der Waals surface area contributed by atoms with Crippen LogP contribution < -0.4 is 24.8 Å². The Morgan fingerprint density at radius 3 is 1.65 bits per heavy atom. The van der Waals surface area contributed by atoms with Crippen LogP contribution in [0.15, 0.2) is 40.4 Å². The van der Waals surface area contributed by atoms with Crippen molar-refractivity contribution >= 4 is 8.07 Å². The van der Waals surface area contributed by atoms with E-state index in [9.17, 15) is 0 Å². The molecule has 0 atom stereocenters. The summed E-state index contributed by atoms with van der Waals surface area (Å²) in [6, 6.07) is 2.84. The first kappa shape index (κ1) is 18.7. The minimum absolute atomic E-state index is 0. The Labute approximate surface area is 148 Å². The smallest absolute Gasteiger partial charge is 1.00 e. The van der Waals surface area contributed by atoms with Gasteiger partial charge in [-0.05, 0) is 0 Å². The largest absolute Gasteiger partial charge is 1.00 e. The summed E-state index contributed by atoms with van der Waals surface area (Å²) in [5.74, 6) is 0. The van der Waals surface area contributed by atoms with Gasteiger partial charge in [0, 0.05) is 0 Å². The van der Waals surface area contributed by atoms with Gasteiger partial charge in [0.05, 0.1) is 0 Å². The van der Waals surface area contributed by atoms with E-state index < -0.39 is 31.0 Å². The van der Waals surface area contributed by atoms with E-state index in [2.05, 4.69) is 39.8 Å². The fourth-order valence-corrected chi connectivity index (χ4v) is 20.7. The Bertz CT molecular complexity index is 493. The molecule has 0 spiro atoms. The molecule has 3 aliphatic rings. The van der Waals surface area contributed by atoms with Crippen LogP contribution in [0.2, 0.25) is 12.1 Å². The van der Waals surface area contributed by atoms with Gasteiger partial charge >= 0.3 is 124 Å². The molecule has 0 aromatic rings. The first-order chi connectivity index (χ1) is 8.64. The Morgan fingerprint density at radius 1 is 0.900 bits per heavy atom. The summed E-state index contributed by atoms with van der Waals surface area (Å²) in [5, 5.41) is 3.87. The number of hydrogen-bond acceptors (Lipinski definition) is 0. The molecule has 4 heteroatoms. The fourth-order valence-electron chi connectivity index (χ4n) is 4.22. The van der Waals surface area contributed by atoms with E-state index in [0.29, 0.717) is 0 Å². The van der Waals surface area contributed by atoms with E-state index in [-0.39, 0.29) is 24.8 Å². The molecule has 108 valence electrons. The molecule has 0 nitrogen and oxygen atoms in total. The second-order valence-electron chi connectivity index (χ2n) is 5.80. The topological polar surface area (TPSA) is 0 Å². The van der Waals surface area contributed by atoms with Crippen LogP contribution in [-0.4, -0.2) is 8.07 Å². The maximum Gasteiger partial charge on any atom is -1.00 e. The third-order valence-corrected chi connectivity index (χ3v) is 18.0. The van der Waals surface area contributed by atoms with Gasteiger partial charge in [0.1, 0.15) is 0 Å². The Morgan fingerprint density at radius 2 is 1.30 bits per heavy atom. The van der Waals surface area contributed by atoms with Crippen molar-refractivity contribution in [1.82, 2.24) is 0 Å². The van der Waals surface area contributed by atoms with Gasteiger partial charge in [-0.2, -0.15) is 0 Å². The van der Waals surface area contributed by atoms with Crippen LogP contribution >= 0.6 is 0 Å². The molecule has 0 amide bonds. The molecule has 0 radical (unpaired) electrons. The number of allylic oxidation sites excluding steroid dienone is 8. The van der Waals surface area contributed by atoms with Gasteiger partial charge in [0.2, 0.25) is 0 Å². The molecule has 0 bridgehead atoms. The van der Waals surface area contributed by atoms with Crippen LogP contribution in [0.25, 0.3) is 0 Å². The number of halogens is 2. The number of hydrogen-bond donors (Lipinski definition) is 0. The second kappa shape index (κ2) is 6.81. The van der Waals surface area contributed by atoms with E-state index >= 15 is 0 Å². The normalized spacial score (nSPS) is 21.8. The monoisotopic (exact) mass is 492 g/mol. The Kier molecular flexibility index (Phi) is 6.36. The average Bonchev–Trinajstić information content (AvgIpc) is 2.93. The first-order valence-electron chi connectivity index (χ1n) is 7.22. The van der Waals surface area contributed by atoms with Gasteiger partial charge in [-0.15, -0.1) is 0 Å². The van der Waals surface area contributed by atoms with Crippen molar-refractivity contribution in [3.05, 3.63) is 40.4 Å². The predicted octanol–water partition coefficient (Wildman–Crippen LogP) is -1.13. The molecule has 20 heavy (non-hydrogen) atoms. The second-order valence-corrected chi connectivity index (χ2v) is 15.6. The molecule has 1 aliphatic heterocycles. The molecule has 0 saturated carbocycles. The van der Waals surface area contributed by atoms with Crippen LogP contribution in [0.5, 0.6) is 0 Å². The van der Waals surface area contributed by atoms with Crippen molar-refractivity contribution in [1.29, 1.82) is 0 Å². The first-order valence-corrected chi connectivity index (χ1v) is 13.2. The summed E-state index contributed by atoms with van der Waals surface area (Å²) in [7, 11) is -1.35. The van der Waals surface area contributed by atoms with Gasteiger partial charge in [0.25, 0.3) is 0 Å². The van der Waals surface area contributed by atoms with E-state index in [4.69, 9.17) is 0 Å². The molecule has 1 heterocycles. The molecule has 0 unspecified atom stereocenters. The van der Waals surface area contributed by atoms with Crippen LogP contribution in [-0.2, 0) is 22.9 Å². The average molecular weight is 492 g/mol. The number of rotatable bonds is 2. The predicted molar refractivity (Wildman–Crippen MR) is 77.5 cm³/mol. The summed E-state index contributed by atoms with van der Waals surface area (Å²) in [6.45, 7) is 9.69. The Hall–Kier alpha value is 0.627. The summed E-state index contributed by atoms with van der Waals surface area (Å²) in [6.07, 6.45) is 7.72. The van der Waals surface area contributed by atoms with Crippen LogP contribution in [0.1, 0.15) is 40.5 Å². The van der Waals surface area contributed by atoms with Crippen LogP contribution in [0.4, 0.5) is 0 Å². The SMILES string of the molecule is CC[Si]1(CC)C2=[C](CC=C2C)[Hf+2][C]2=C1C(C)=CC2.[Cl-].[Cl-]. The zero-order chi connectivity index (χ0) is 12.9. The molecule has 0 fully saturated rings. The van der Waals surface area contributed by atoms with Crippen molar-refractivity contribution in [2.24, 2.45) is 0 Å². The Balaban J connectivity index is 0.000001000.